The van der Waals surface area contributed by atoms with E-state index in [1.807, 2.05) is 6.08 Å². The van der Waals surface area contributed by atoms with Crippen LogP contribution in [0.5, 0.6) is 5.75 Å². The van der Waals surface area contributed by atoms with E-state index in [2.05, 4.69) is 33.0 Å². The average Bonchev–Trinajstić information content (AvgIpc) is 3.55. The number of amides is 4. The molecule has 3 heterocycles. The summed E-state index contributed by atoms with van der Waals surface area (Å²) >= 11 is 14.8. The van der Waals surface area contributed by atoms with E-state index in [9.17, 15) is 32.7 Å². The second-order valence-corrected chi connectivity index (χ2v) is 16.1. The molecule has 4 aromatic rings. The Morgan fingerprint density at radius 3 is 2.27 bits per heavy atom. The van der Waals surface area contributed by atoms with E-state index in [0.717, 1.165) is 8.58 Å². The molecule has 0 radical (unpaired) electrons. The number of aliphatic hydroxyl groups excluding tert-OH is 1. The topological polar surface area (TPSA) is 129 Å². The third kappa shape index (κ3) is 6.16. The molecule has 2 saturated heterocycles. The van der Waals surface area contributed by atoms with Crippen LogP contribution in [0.15, 0.2) is 96.7 Å². The van der Waals surface area contributed by atoms with Gasteiger partial charge in [0.25, 0.3) is 11.8 Å². The molecule has 6 atom stereocenters. The highest BCUT2D eigenvalue weighted by molar-refractivity contribution is 14.1. The van der Waals surface area contributed by atoms with E-state index in [-0.39, 0.29) is 37.8 Å². The number of aliphatic hydroxyl groups is 1. The van der Waals surface area contributed by atoms with E-state index in [4.69, 9.17) is 27.9 Å². The van der Waals surface area contributed by atoms with Crippen molar-refractivity contribution in [3.63, 3.8) is 0 Å². The summed E-state index contributed by atoms with van der Waals surface area (Å²) in [5, 5.41) is 9.97. The minimum atomic E-state index is -4.75. The number of ether oxygens (including phenoxy) is 1. The van der Waals surface area contributed by atoms with Crippen molar-refractivity contribution in [2.45, 2.75) is 30.4 Å². The number of rotatable bonds is 8. The first-order chi connectivity index (χ1) is 26.7. The SMILES string of the molecule is O=C1[C@@H]2C[C@@H]3C(=CC[C@@H]4C(=O)N(c5ccc(I)cc5)C(=O)[C@@H]43)[C@H](c3ccc(OCCO)cc3)[C@]2(c2ccc(Cl)cc2)C(=O)N1Nc1ncc(C(F)(F)F)cc1Cl. The fourth-order valence-electron chi connectivity index (χ4n) is 8.92. The summed E-state index contributed by atoms with van der Waals surface area (Å²) in [4.78, 5) is 63.7. The van der Waals surface area contributed by atoms with Gasteiger partial charge in [-0.2, -0.15) is 18.2 Å². The Morgan fingerprint density at radius 2 is 1.62 bits per heavy atom. The molecule has 3 aromatic carbocycles. The van der Waals surface area contributed by atoms with Gasteiger partial charge in [0.1, 0.15) is 12.4 Å². The first kappa shape index (κ1) is 38.4. The Labute approximate surface area is 341 Å². The summed E-state index contributed by atoms with van der Waals surface area (Å²) in [5.41, 5.74) is 1.98. The average molecular weight is 918 g/mol. The van der Waals surface area contributed by atoms with E-state index in [1.54, 1.807) is 72.8 Å². The lowest BCUT2D eigenvalue weighted by Gasteiger charge is -2.50. The van der Waals surface area contributed by atoms with Gasteiger partial charge in [-0.05, 0) is 107 Å². The van der Waals surface area contributed by atoms with E-state index in [0.29, 0.717) is 45.4 Å². The summed E-state index contributed by atoms with van der Waals surface area (Å²) in [6.07, 6.45) is -2.10. The lowest BCUT2D eigenvalue weighted by molar-refractivity contribution is -0.139. The number of fused-ring (bicyclic) bond motifs is 4. The van der Waals surface area contributed by atoms with Gasteiger partial charge in [-0.25, -0.2) is 4.98 Å². The standard InChI is InChI=1S/C40H30Cl2F3IN4O6/c41-23-5-3-21(4-6-23)39-30(36(53)50(38(39)55)48-34-31(42)17-22(19-47-34)40(43,44)45)18-29-27(33(39)20-1-11-26(12-2-20)56-16-15-51)13-14-28-32(29)37(54)49(35(28)52)25-9-7-24(46)8-10-25/h1-13,17,19,28-30,32-33,51H,14-16,18H2,(H,47,48)/t28-,29+,30-,32-,33-,39+/m0/s1. The fraction of sp³-hybridized carbons (Fsp3) is 0.275. The van der Waals surface area contributed by atoms with Gasteiger partial charge in [-0.15, -0.1) is 0 Å². The van der Waals surface area contributed by atoms with Gasteiger partial charge in [0.15, 0.2) is 5.82 Å². The number of alkyl halides is 3. The van der Waals surface area contributed by atoms with Crippen LogP contribution in [0.4, 0.5) is 24.7 Å². The first-order valence-corrected chi connectivity index (χ1v) is 19.4. The molecule has 2 aliphatic heterocycles. The van der Waals surface area contributed by atoms with Gasteiger partial charge in [0.2, 0.25) is 11.8 Å². The maximum Gasteiger partial charge on any atom is 0.417 e. The molecule has 2 aliphatic carbocycles. The zero-order valence-corrected chi connectivity index (χ0v) is 32.6. The number of halogens is 6. The maximum absolute atomic E-state index is 15.3. The number of benzene rings is 3. The molecule has 2 N–H and O–H groups in total. The van der Waals surface area contributed by atoms with Gasteiger partial charge < -0.3 is 9.84 Å². The molecule has 4 amide bonds. The van der Waals surface area contributed by atoms with Crippen molar-refractivity contribution < 1.29 is 42.2 Å². The lowest BCUT2D eigenvalue weighted by atomic mass is 9.49. The van der Waals surface area contributed by atoms with Crippen LogP contribution in [0, 0.1) is 27.2 Å². The highest BCUT2D eigenvalue weighted by Crippen LogP contribution is 2.64. The van der Waals surface area contributed by atoms with Crippen molar-refractivity contribution in [2.24, 2.45) is 23.7 Å². The number of carbonyl (C=O) groups excluding carboxylic acids is 4. The Balaban J connectivity index is 1.29. The quantitative estimate of drug-likeness (QED) is 0.105. The molecular weight excluding hydrogens is 887 g/mol. The molecule has 1 saturated carbocycles. The molecule has 10 nitrogen and oxygen atoms in total. The van der Waals surface area contributed by atoms with Gasteiger partial charge in [0.05, 0.1) is 46.0 Å². The minimum Gasteiger partial charge on any atom is -0.491 e. The number of carbonyl (C=O) groups is 4. The van der Waals surface area contributed by atoms with Crippen LogP contribution in [-0.2, 0) is 30.8 Å². The molecule has 16 heteroatoms. The van der Waals surface area contributed by atoms with Crippen molar-refractivity contribution >= 4 is 80.9 Å². The van der Waals surface area contributed by atoms with Gasteiger partial charge in [0, 0.05) is 20.7 Å². The normalized spacial score (nSPS) is 25.8. The summed E-state index contributed by atoms with van der Waals surface area (Å²) in [6.45, 7) is -0.177. The number of anilines is 2. The number of pyridine rings is 1. The number of hydrogen-bond donors (Lipinski definition) is 2. The van der Waals surface area contributed by atoms with Crippen LogP contribution in [0.2, 0.25) is 10.0 Å². The van der Waals surface area contributed by atoms with Crippen LogP contribution in [0.3, 0.4) is 0 Å². The smallest absolute Gasteiger partial charge is 0.417 e. The second-order valence-electron chi connectivity index (χ2n) is 14.0. The number of aromatic nitrogens is 1. The number of imide groups is 2. The number of nitrogens with zero attached hydrogens (tertiary/aromatic N) is 3. The number of hydrogen-bond acceptors (Lipinski definition) is 8. The molecule has 0 spiro atoms. The molecule has 1 aromatic heterocycles. The minimum absolute atomic E-state index is 0.0136. The van der Waals surface area contributed by atoms with Crippen molar-refractivity contribution in [1.29, 1.82) is 0 Å². The summed E-state index contributed by atoms with van der Waals surface area (Å²) in [5.74, 6) is -6.40. The molecule has 56 heavy (non-hydrogen) atoms. The predicted molar refractivity (Wildman–Crippen MR) is 208 cm³/mol. The van der Waals surface area contributed by atoms with Crippen LogP contribution < -0.4 is 15.1 Å². The van der Waals surface area contributed by atoms with E-state index in [1.165, 1.54) is 4.90 Å². The Kier molecular flexibility index (Phi) is 9.90. The highest BCUT2D eigenvalue weighted by Gasteiger charge is 2.70. The Morgan fingerprint density at radius 1 is 0.929 bits per heavy atom. The number of hydrazine groups is 1. The zero-order chi connectivity index (χ0) is 39.7. The third-order valence-corrected chi connectivity index (χ3v) is 12.5. The second kappa shape index (κ2) is 14.5. The molecule has 3 fully saturated rings. The van der Waals surface area contributed by atoms with Crippen LogP contribution in [0.1, 0.15) is 35.4 Å². The summed E-state index contributed by atoms with van der Waals surface area (Å²) in [7, 11) is 0. The van der Waals surface area contributed by atoms with Gasteiger partial charge in [-0.1, -0.05) is 59.1 Å². The molecule has 0 unspecified atom stereocenters. The fourth-order valence-corrected chi connectivity index (χ4v) is 9.62. The zero-order valence-electron chi connectivity index (χ0n) is 29.0. The largest absolute Gasteiger partial charge is 0.491 e. The predicted octanol–water partition coefficient (Wildman–Crippen LogP) is 7.57. The number of nitrogens with one attached hydrogen (secondary N) is 1. The number of allylic oxidation sites excluding steroid dienone is 2. The van der Waals surface area contributed by atoms with E-state index < -0.39 is 69.5 Å². The highest BCUT2D eigenvalue weighted by atomic mass is 127. The van der Waals surface area contributed by atoms with Crippen LogP contribution in [-0.4, -0.2) is 51.9 Å². The third-order valence-electron chi connectivity index (χ3n) is 11.2. The van der Waals surface area contributed by atoms with Gasteiger partial charge in [-0.3, -0.25) is 29.5 Å². The monoisotopic (exact) mass is 916 g/mol. The van der Waals surface area contributed by atoms with Crippen molar-refractivity contribution in [2.75, 3.05) is 23.5 Å². The molecule has 8 rings (SSSR count). The lowest BCUT2D eigenvalue weighted by Crippen LogP contribution is -2.53. The molecule has 0 bridgehead atoms. The Hall–Kier alpha value is -4.51. The molecular formula is C40H30Cl2F3IN4O6. The van der Waals surface area contributed by atoms with Crippen molar-refractivity contribution in [3.8, 4) is 5.75 Å². The summed E-state index contributed by atoms with van der Waals surface area (Å²) in [6, 6.07) is 21.1. The van der Waals surface area contributed by atoms with Crippen LogP contribution in [0.25, 0.3) is 0 Å². The first-order valence-electron chi connectivity index (χ1n) is 17.6. The van der Waals surface area contributed by atoms with Gasteiger partial charge >= 0.3 is 6.18 Å². The van der Waals surface area contributed by atoms with Crippen molar-refractivity contribution in [3.05, 3.63) is 127 Å². The maximum atomic E-state index is 15.3. The van der Waals surface area contributed by atoms with Crippen molar-refractivity contribution in [1.82, 2.24) is 9.99 Å². The van der Waals surface area contributed by atoms with E-state index >= 15 is 4.79 Å². The Bertz CT molecular complexity index is 2290. The van der Waals surface area contributed by atoms with Crippen LogP contribution >= 0.6 is 45.8 Å². The molecule has 288 valence electrons. The summed E-state index contributed by atoms with van der Waals surface area (Å²) < 4.78 is 47.0. The molecule has 4 aliphatic rings.